The number of benzene rings is 1. The van der Waals surface area contributed by atoms with E-state index in [4.69, 9.17) is 15.2 Å². The van der Waals surface area contributed by atoms with Crippen molar-refractivity contribution in [3.05, 3.63) is 24.3 Å². The van der Waals surface area contributed by atoms with Crippen molar-refractivity contribution in [2.24, 2.45) is 17.1 Å². The number of hydrogen-bond acceptors (Lipinski definition) is 5. The van der Waals surface area contributed by atoms with Crippen LogP contribution in [0, 0.1) is 11.3 Å². The highest BCUT2D eigenvalue weighted by molar-refractivity contribution is 6.00. The van der Waals surface area contributed by atoms with Gasteiger partial charge in [-0.25, -0.2) is 0 Å². The minimum absolute atomic E-state index is 0.0506. The molecule has 4 N–H and O–H groups in total. The number of ether oxygens (including phenoxy) is 2. The first kappa shape index (κ1) is 19.7. The molecule has 6 heteroatoms. The van der Waals surface area contributed by atoms with E-state index in [-0.39, 0.29) is 24.0 Å². The fourth-order valence-corrected chi connectivity index (χ4v) is 5.28. The number of fused-ring (bicyclic) bond motifs is 1. The molecule has 154 valence electrons. The molecule has 3 fully saturated rings. The Balaban J connectivity index is 1.41. The summed E-state index contributed by atoms with van der Waals surface area (Å²) in [6, 6.07) is 7.32. The second-order valence-electron chi connectivity index (χ2n) is 9.12. The molecule has 5 atom stereocenters. The molecular formula is C22H32N2O4. The molecule has 3 aliphatic rings. The Morgan fingerprint density at radius 1 is 1.18 bits per heavy atom. The van der Waals surface area contributed by atoms with E-state index in [9.17, 15) is 9.90 Å². The molecule has 1 aromatic rings. The molecule has 1 aromatic carbocycles. The molecule has 0 aromatic heterocycles. The van der Waals surface area contributed by atoms with Gasteiger partial charge in [0.2, 0.25) is 5.91 Å². The monoisotopic (exact) mass is 388 g/mol. The number of anilines is 1. The lowest BCUT2D eigenvalue weighted by Gasteiger charge is -2.65. The first-order valence-corrected chi connectivity index (χ1v) is 10.5. The fourth-order valence-electron chi connectivity index (χ4n) is 5.28. The zero-order valence-electron chi connectivity index (χ0n) is 16.8. The summed E-state index contributed by atoms with van der Waals surface area (Å²) in [6.07, 6.45) is 5.16. The van der Waals surface area contributed by atoms with Crippen LogP contribution in [0.5, 0.6) is 5.75 Å². The number of carbonyl (C=O) groups excluding carboxylic acids is 1. The Kier molecular flexibility index (Phi) is 5.14. The van der Waals surface area contributed by atoms with Gasteiger partial charge < -0.3 is 25.6 Å². The van der Waals surface area contributed by atoms with Crippen LogP contribution in [0.1, 0.15) is 52.4 Å². The van der Waals surface area contributed by atoms with Crippen LogP contribution in [-0.2, 0) is 9.53 Å². The Bertz CT molecular complexity index is 720. The van der Waals surface area contributed by atoms with Crippen molar-refractivity contribution >= 4 is 11.6 Å². The van der Waals surface area contributed by atoms with Gasteiger partial charge in [-0.2, -0.15) is 0 Å². The molecule has 0 bridgehead atoms. The second kappa shape index (κ2) is 7.32. The highest BCUT2D eigenvalue weighted by Gasteiger charge is 2.70. The zero-order chi connectivity index (χ0) is 19.9. The van der Waals surface area contributed by atoms with Gasteiger partial charge in [0.1, 0.15) is 17.4 Å². The first-order valence-electron chi connectivity index (χ1n) is 10.5. The average molecular weight is 389 g/mol. The summed E-state index contributed by atoms with van der Waals surface area (Å²) in [4.78, 5) is 13.1. The van der Waals surface area contributed by atoms with Crippen LogP contribution in [0.4, 0.5) is 5.69 Å². The van der Waals surface area contributed by atoms with Crippen molar-refractivity contribution in [3.63, 3.8) is 0 Å². The van der Waals surface area contributed by atoms with E-state index in [1.54, 1.807) is 0 Å². The molecule has 6 nitrogen and oxygen atoms in total. The zero-order valence-corrected chi connectivity index (χ0v) is 16.8. The van der Waals surface area contributed by atoms with Gasteiger partial charge in [0.05, 0.1) is 12.2 Å². The number of hydrogen-bond donors (Lipinski definition) is 3. The standard InChI is InChI=1S/C22H32N2O4/c1-21(2)19-16(6-5-13-27-19)22(21,23)20(26)24-14-9-11-15(12-10-14)28-18-8-4-3-7-17(18)25/h9-12,16-19,25H,3-8,13,23H2,1-2H3,(H,24,26). The van der Waals surface area contributed by atoms with Crippen LogP contribution in [0.2, 0.25) is 0 Å². The predicted octanol–water partition coefficient (Wildman–Crippen LogP) is 2.84. The third-order valence-corrected chi connectivity index (χ3v) is 7.13. The van der Waals surface area contributed by atoms with Gasteiger partial charge in [0, 0.05) is 23.6 Å². The molecular weight excluding hydrogens is 356 g/mol. The summed E-state index contributed by atoms with van der Waals surface area (Å²) in [5.74, 6) is 0.614. The Hall–Kier alpha value is -1.63. The van der Waals surface area contributed by atoms with E-state index < -0.39 is 17.1 Å². The second-order valence-corrected chi connectivity index (χ2v) is 9.12. The number of aliphatic hydroxyl groups excluding tert-OH is 1. The number of carbonyl (C=O) groups is 1. The van der Waals surface area contributed by atoms with E-state index in [0.717, 1.165) is 45.1 Å². The number of amides is 1. The third kappa shape index (κ3) is 3.11. The largest absolute Gasteiger partial charge is 0.488 e. The van der Waals surface area contributed by atoms with Crippen molar-refractivity contribution < 1.29 is 19.4 Å². The highest BCUT2D eigenvalue weighted by atomic mass is 16.5. The number of nitrogens with two attached hydrogens (primary N) is 1. The normalized spacial score (nSPS) is 36.7. The van der Waals surface area contributed by atoms with Crippen LogP contribution >= 0.6 is 0 Å². The molecule has 1 aliphatic heterocycles. The maximum absolute atomic E-state index is 13.1. The number of rotatable bonds is 4. The molecule has 2 aliphatic carbocycles. The lowest BCUT2D eigenvalue weighted by atomic mass is 9.46. The van der Waals surface area contributed by atoms with E-state index in [1.807, 2.05) is 38.1 Å². The molecule has 5 unspecified atom stereocenters. The summed E-state index contributed by atoms with van der Waals surface area (Å²) in [5, 5.41) is 13.1. The predicted molar refractivity (Wildman–Crippen MR) is 107 cm³/mol. The summed E-state index contributed by atoms with van der Waals surface area (Å²) in [6.45, 7) is 4.79. The third-order valence-electron chi connectivity index (χ3n) is 7.13. The SMILES string of the molecule is CC1(C)C2OCCCC2C1(N)C(=O)Nc1ccc(OC2CCCCC2O)cc1. The molecule has 1 saturated heterocycles. The van der Waals surface area contributed by atoms with Gasteiger partial charge in [-0.1, -0.05) is 20.3 Å². The summed E-state index contributed by atoms with van der Waals surface area (Å²) in [5.41, 5.74) is 6.02. The molecule has 2 saturated carbocycles. The quantitative estimate of drug-likeness (QED) is 0.737. The van der Waals surface area contributed by atoms with Crippen molar-refractivity contribution in [1.82, 2.24) is 0 Å². The van der Waals surface area contributed by atoms with Crippen LogP contribution in [0.3, 0.4) is 0 Å². The Morgan fingerprint density at radius 2 is 1.89 bits per heavy atom. The van der Waals surface area contributed by atoms with Gasteiger partial charge in [-0.3, -0.25) is 4.79 Å². The average Bonchev–Trinajstić information content (AvgIpc) is 2.70. The van der Waals surface area contributed by atoms with Crippen molar-refractivity contribution in [1.29, 1.82) is 0 Å². The van der Waals surface area contributed by atoms with Gasteiger partial charge in [-0.15, -0.1) is 0 Å². The fraction of sp³-hybridized carbons (Fsp3) is 0.682. The van der Waals surface area contributed by atoms with E-state index in [1.165, 1.54) is 0 Å². The first-order chi connectivity index (χ1) is 13.3. The number of nitrogens with one attached hydrogen (secondary N) is 1. The van der Waals surface area contributed by atoms with Crippen molar-refractivity contribution in [2.45, 2.75) is 76.2 Å². The van der Waals surface area contributed by atoms with E-state index >= 15 is 0 Å². The molecule has 1 amide bonds. The molecule has 4 rings (SSSR count). The highest BCUT2D eigenvalue weighted by Crippen LogP contribution is 2.57. The smallest absolute Gasteiger partial charge is 0.245 e. The van der Waals surface area contributed by atoms with Crippen LogP contribution in [0.15, 0.2) is 24.3 Å². The van der Waals surface area contributed by atoms with Crippen LogP contribution < -0.4 is 15.8 Å². The van der Waals surface area contributed by atoms with Crippen LogP contribution in [0.25, 0.3) is 0 Å². The molecule has 0 spiro atoms. The topological polar surface area (TPSA) is 93.8 Å². The number of aliphatic hydroxyl groups is 1. The minimum Gasteiger partial charge on any atom is -0.488 e. The van der Waals surface area contributed by atoms with Gasteiger partial charge in [-0.05, 0) is 56.4 Å². The molecule has 0 radical (unpaired) electrons. The van der Waals surface area contributed by atoms with Crippen molar-refractivity contribution in [2.75, 3.05) is 11.9 Å². The van der Waals surface area contributed by atoms with Gasteiger partial charge >= 0.3 is 0 Å². The minimum atomic E-state index is -0.931. The van der Waals surface area contributed by atoms with Gasteiger partial charge in [0.15, 0.2) is 0 Å². The lowest BCUT2D eigenvalue weighted by Crippen LogP contribution is -2.81. The summed E-state index contributed by atoms with van der Waals surface area (Å²) < 4.78 is 11.8. The Labute approximate surface area is 166 Å². The van der Waals surface area contributed by atoms with Crippen molar-refractivity contribution in [3.8, 4) is 5.75 Å². The van der Waals surface area contributed by atoms with E-state index in [2.05, 4.69) is 5.32 Å². The molecule has 28 heavy (non-hydrogen) atoms. The maximum Gasteiger partial charge on any atom is 0.245 e. The maximum atomic E-state index is 13.1. The summed E-state index contributed by atoms with van der Waals surface area (Å²) >= 11 is 0. The van der Waals surface area contributed by atoms with Gasteiger partial charge in [0.25, 0.3) is 0 Å². The summed E-state index contributed by atoms with van der Waals surface area (Å²) in [7, 11) is 0. The Morgan fingerprint density at radius 3 is 2.61 bits per heavy atom. The van der Waals surface area contributed by atoms with E-state index in [0.29, 0.717) is 11.4 Å². The lowest BCUT2D eigenvalue weighted by molar-refractivity contribution is -0.222. The molecule has 1 heterocycles. The van der Waals surface area contributed by atoms with Crippen LogP contribution in [-0.4, -0.2) is 41.5 Å².